The lowest BCUT2D eigenvalue weighted by Crippen LogP contribution is -2.19. The third-order valence-corrected chi connectivity index (χ3v) is 5.82. The fraction of sp³-hybridized carbons (Fsp3) is 0.560. The lowest BCUT2D eigenvalue weighted by Gasteiger charge is -2.32. The Labute approximate surface area is 175 Å². The topological polar surface area (TPSA) is 66.8 Å². The fourth-order valence-corrected chi connectivity index (χ4v) is 4.27. The van der Waals surface area contributed by atoms with E-state index in [2.05, 4.69) is 26.5 Å². The largest absolute Gasteiger partial charge is 0.507 e. The minimum atomic E-state index is -1.08. The monoisotopic (exact) mass is 400 g/mol. The molecule has 0 heterocycles. The number of rotatable bonds is 10. The average Bonchev–Trinajstić information content (AvgIpc) is 2.65. The number of carbonyl (C=O) groups is 1. The van der Waals surface area contributed by atoms with Crippen LogP contribution in [0.1, 0.15) is 93.6 Å². The summed E-state index contributed by atoms with van der Waals surface area (Å²) in [6.07, 6.45) is 8.51. The molecule has 4 nitrogen and oxygen atoms in total. The Morgan fingerprint density at radius 2 is 2.00 bits per heavy atom. The number of benzene rings is 1. The van der Waals surface area contributed by atoms with Gasteiger partial charge in [-0.3, -0.25) is 0 Å². The van der Waals surface area contributed by atoms with Crippen LogP contribution in [0, 0.1) is 5.92 Å². The predicted molar refractivity (Wildman–Crippen MR) is 118 cm³/mol. The molecule has 160 valence electrons. The number of aromatic hydroxyl groups is 1. The van der Waals surface area contributed by atoms with Gasteiger partial charge in [0.05, 0.1) is 6.61 Å². The summed E-state index contributed by atoms with van der Waals surface area (Å²) in [5, 5.41) is 21.1. The summed E-state index contributed by atoms with van der Waals surface area (Å²) in [5.41, 5.74) is 3.57. The Morgan fingerprint density at radius 3 is 2.59 bits per heavy atom. The molecule has 4 heteroatoms. The van der Waals surface area contributed by atoms with E-state index in [0.29, 0.717) is 29.9 Å². The van der Waals surface area contributed by atoms with Crippen LogP contribution in [0.2, 0.25) is 0 Å². The van der Waals surface area contributed by atoms with Crippen molar-refractivity contribution < 1.29 is 19.7 Å². The maximum Gasteiger partial charge on any atom is 0.339 e. The highest BCUT2D eigenvalue weighted by Crippen LogP contribution is 2.48. The van der Waals surface area contributed by atoms with Gasteiger partial charge in [-0.25, -0.2) is 4.79 Å². The molecule has 2 atom stereocenters. The second kappa shape index (κ2) is 10.5. The normalized spacial score (nSPS) is 19.0. The molecule has 0 saturated heterocycles. The van der Waals surface area contributed by atoms with Gasteiger partial charge in [0, 0.05) is 11.5 Å². The van der Waals surface area contributed by atoms with Crippen LogP contribution in [0.25, 0.3) is 0 Å². The first-order valence-electron chi connectivity index (χ1n) is 10.9. The standard InChI is InChI=1S/C25H36O4/c1-6-8-9-10-18-15-21(29-13-7-2)23(24(26)22(18)25(27)28)20-14-17(5)11-12-19(20)16(3)4/h14-15,19-20,26H,3,6-13H2,1-2,4-5H3,(H,27,28). The number of aryl methyl sites for hydroxylation is 1. The maximum absolute atomic E-state index is 12.1. The van der Waals surface area contributed by atoms with Crippen LogP contribution in [-0.4, -0.2) is 22.8 Å². The highest BCUT2D eigenvalue weighted by atomic mass is 16.5. The van der Waals surface area contributed by atoms with Crippen molar-refractivity contribution in [2.75, 3.05) is 6.61 Å². The number of hydrogen-bond acceptors (Lipinski definition) is 3. The molecule has 1 aromatic rings. The van der Waals surface area contributed by atoms with Gasteiger partial charge in [0.1, 0.15) is 17.1 Å². The Kier molecular flexibility index (Phi) is 8.36. The number of allylic oxidation sites excluding steroid dienone is 3. The van der Waals surface area contributed by atoms with Crippen molar-refractivity contribution in [3.05, 3.63) is 46.6 Å². The van der Waals surface area contributed by atoms with Gasteiger partial charge in [-0.2, -0.15) is 0 Å². The van der Waals surface area contributed by atoms with E-state index in [9.17, 15) is 15.0 Å². The van der Waals surface area contributed by atoms with E-state index in [0.717, 1.165) is 44.1 Å². The first kappa shape index (κ1) is 23.1. The molecule has 0 amide bonds. The molecule has 0 aliphatic heterocycles. The zero-order valence-corrected chi connectivity index (χ0v) is 18.4. The van der Waals surface area contributed by atoms with Crippen molar-refractivity contribution in [3.8, 4) is 11.5 Å². The maximum atomic E-state index is 12.1. The van der Waals surface area contributed by atoms with Gasteiger partial charge < -0.3 is 14.9 Å². The molecule has 0 spiro atoms. The van der Waals surface area contributed by atoms with Crippen molar-refractivity contribution >= 4 is 5.97 Å². The molecule has 1 aromatic carbocycles. The van der Waals surface area contributed by atoms with Crippen molar-refractivity contribution in [2.24, 2.45) is 5.92 Å². The molecular formula is C25H36O4. The van der Waals surface area contributed by atoms with E-state index < -0.39 is 5.97 Å². The van der Waals surface area contributed by atoms with Gasteiger partial charge in [0.2, 0.25) is 0 Å². The highest BCUT2D eigenvalue weighted by Gasteiger charge is 2.33. The van der Waals surface area contributed by atoms with Crippen LogP contribution >= 0.6 is 0 Å². The Morgan fingerprint density at radius 1 is 1.28 bits per heavy atom. The van der Waals surface area contributed by atoms with Crippen LogP contribution < -0.4 is 4.74 Å². The fourth-order valence-electron chi connectivity index (χ4n) is 4.27. The molecule has 1 aliphatic carbocycles. The second-order valence-electron chi connectivity index (χ2n) is 8.31. The molecule has 2 unspecified atom stereocenters. The van der Waals surface area contributed by atoms with Gasteiger partial charge in [-0.1, -0.05) is 50.5 Å². The molecule has 29 heavy (non-hydrogen) atoms. The van der Waals surface area contributed by atoms with Crippen molar-refractivity contribution in [2.45, 2.75) is 78.6 Å². The minimum absolute atomic E-state index is 0.0250. The van der Waals surface area contributed by atoms with Gasteiger partial charge in [0.25, 0.3) is 0 Å². The molecule has 0 aromatic heterocycles. The Hall–Kier alpha value is -2.23. The van der Waals surface area contributed by atoms with Crippen molar-refractivity contribution in [1.29, 1.82) is 0 Å². The summed E-state index contributed by atoms with van der Waals surface area (Å²) in [6, 6.07) is 1.86. The third-order valence-electron chi connectivity index (χ3n) is 5.82. The zero-order chi connectivity index (χ0) is 21.6. The van der Waals surface area contributed by atoms with Gasteiger partial charge >= 0.3 is 5.97 Å². The smallest absolute Gasteiger partial charge is 0.339 e. The van der Waals surface area contributed by atoms with Gasteiger partial charge in [-0.05, 0) is 63.5 Å². The van der Waals surface area contributed by atoms with E-state index in [4.69, 9.17) is 4.74 Å². The highest BCUT2D eigenvalue weighted by molar-refractivity contribution is 5.94. The number of aromatic carboxylic acids is 1. The number of unbranched alkanes of at least 4 members (excludes halogenated alkanes) is 2. The lowest BCUT2D eigenvalue weighted by atomic mass is 9.73. The van der Waals surface area contributed by atoms with Crippen molar-refractivity contribution in [3.63, 3.8) is 0 Å². The minimum Gasteiger partial charge on any atom is -0.507 e. The van der Waals surface area contributed by atoms with E-state index >= 15 is 0 Å². The Balaban J connectivity index is 2.67. The summed E-state index contributed by atoms with van der Waals surface area (Å²) < 4.78 is 6.05. The average molecular weight is 401 g/mol. The van der Waals surface area contributed by atoms with Crippen LogP contribution in [-0.2, 0) is 6.42 Å². The number of phenols is 1. The van der Waals surface area contributed by atoms with E-state index in [-0.39, 0.29) is 23.1 Å². The van der Waals surface area contributed by atoms with Crippen molar-refractivity contribution in [1.82, 2.24) is 0 Å². The van der Waals surface area contributed by atoms with Crippen LogP contribution in [0.3, 0.4) is 0 Å². The SMILES string of the molecule is C=C(C)C1CCC(C)=CC1c1c(OCCC)cc(CCCCC)c(C(=O)O)c1O. The summed E-state index contributed by atoms with van der Waals surface area (Å²) in [4.78, 5) is 12.1. The molecule has 2 rings (SSSR count). The van der Waals surface area contributed by atoms with Crippen LogP contribution in [0.5, 0.6) is 11.5 Å². The van der Waals surface area contributed by atoms with E-state index in [1.807, 2.05) is 19.9 Å². The van der Waals surface area contributed by atoms with Crippen LogP contribution in [0.15, 0.2) is 29.9 Å². The quantitative estimate of drug-likeness (QED) is 0.342. The summed E-state index contributed by atoms with van der Waals surface area (Å²) in [7, 11) is 0. The molecular weight excluding hydrogens is 364 g/mol. The number of hydrogen-bond donors (Lipinski definition) is 2. The first-order chi connectivity index (χ1) is 13.8. The molecule has 1 aliphatic rings. The molecule has 0 bridgehead atoms. The summed E-state index contributed by atoms with van der Waals surface area (Å²) in [5.74, 6) is -0.583. The molecule has 0 fully saturated rings. The number of ether oxygens (including phenoxy) is 1. The van der Waals surface area contributed by atoms with Gasteiger partial charge in [-0.15, -0.1) is 0 Å². The van der Waals surface area contributed by atoms with Crippen LogP contribution in [0.4, 0.5) is 0 Å². The molecule has 0 saturated carbocycles. The van der Waals surface area contributed by atoms with E-state index in [1.165, 1.54) is 5.57 Å². The second-order valence-corrected chi connectivity index (χ2v) is 8.31. The summed E-state index contributed by atoms with van der Waals surface area (Å²) >= 11 is 0. The van der Waals surface area contributed by atoms with E-state index in [1.54, 1.807) is 0 Å². The molecule has 0 radical (unpaired) electrons. The zero-order valence-electron chi connectivity index (χ0n) is 18.4. The number of carboxylic acids is 1. The first-order valence-corrected chi connectivity index (χ1v) is 10.9. The predicted octanol–water partition coefficient (Wildman–Crippen LogP) is 6.63. The van der Waals surface area contributed by atoms with Gasteiger partial charge in [0.15, 0.2) is 0 Å². The lowest BCUT2D eigenvalue weighted by molar-refractivity contribution is 0.0692. The third kappa shape index (κ3) is 5.43. The number of carboxylic acid groups (broad SMARTS) is 1. The molecule has 2 N–H and O–H groups in total. The summed E-state index contributed by atoms with van der Waals surface area (Å²) in [6.45, 7) is 12.9. The Bertz CT molecular complexity index is 776.